The summed E-state index contributed by atoms with van der Waals surface area (Å²) in [6.07, 6.45) is 5.71. The minimum absolute atomic E-state index is 0.0906. The van der Waals surface area contributed by atoms with Crippen molar-refractivity contribution in [1.82, 2.24) is 15.5 Å². The minimum atomic E-state index is -1.11. The molecule has 0 aromatic rings. The van der Waals surface area contributed by atoms with Crippen LogP contribution in [0.5, 0.6) is 0 Å². The van der Waals surface area contributed by atoms with E-state index in [4.69, 9.17) is 11.5 Å². The summed E-state index contributed by atoms with van der Waals surface area (Å²) in [5, 5.41) is 14.7. The van der Waals surface area contributed by atoms with E-state index in [2.05, 4.69) is 10.6 Å². The molecule has 4 atom stereocenters. The summed E-state index contributed by atoms with van der Waals surface area (Å²) < 4.78 is 0. The topological polar surface area (TPSA) is 168 Å². The number of hydrogen-bond acceptors (Lipinski definition) is 7. The Balaban J connectivity index is 2.84. The fourth-order valence-corrected chi connectivity index (χ4v) is 4.36. The van der Waals surface area contributed by atoms with Crippen LogP contribution in [0.2, 0.25) is 0 Å². The van der Waals surface area contributed by atoms with Gasteiger partial charge < -0.3 is 32.1 Å². The van der Waals surface area contributed by atoms with Gasteiger partial charge in [-0.05, 0) is 63.0 Å². The normalized spacial score (nSPS) is 18.6. The highest BCUT2D eigenvalue weighted by Crippen LogP contribution is 2.20. The highest BCUT2D eigenvalue weighted by Gasteiger charge is 2.37. The van der Waals surface area contributed by atoms with Gasteiger partial charge in [0.25, 0.3) is 0 Å². The number of likely N-dealkylation sites (tertiary alicyclic amines) is 1. The fourth-order valence-electron chi connectivity index (χ4n) is 3.88. The molecule has 11 heteroatoms. The number of aliphatic carboxylic acids is 1. The van der Waals surface area contributed by atoms with Gasteiger partial charge >= 0.3 is 5.97 Å². The van der Waals surface area contributed by atoms with E-state index >= 15 is 0 Å². The van der Waals surface area contributed by atoms with E-state index in [1.165, 1.54) is 16.7 Å². The first kappa shape index (κ1) is 29.2. The standard InChI is InChI=1S/C22H41N5O5S/c1-14(2)13-17(19(28)25-16(22(31)32)9-12-33-3)26-20(29)18-8-6-11-27(18)21(30)15(24)7-4-5-10-23/h14-18H,4-13,23-24H2,1-3H3,(H,25,28)(H,26,29)(H,31,32). The van der Waals surface area contributed by atoms with Crippen molar-refractivity contribution in [3.8, 4) is 0 Å². The molecule has 0 saturated carbocycles. The molecule has 1 aliphatic heterocycles. The monoisotopic (exact) mass is 487 g/mol. The van der Waals surface area contributed by atoms with Crippen LogP contribution in [-0.2, 0) is 19.2 Å². The molecule has 1 rings (SSSR count). The van der Waals surface area contributed by atoms with Gasteiger partial charge in [-0.15, -0.1) is 0 Å². The lowest BCUT2D eigenvalue weighted by Gasteiger charge is -2.29. The molecule has 0 aromatic heterocycles. The SMILES string of the molecule is CSCCC(NC(=O)C(CC(C)C)NC(=O)C1CCCN1C(=O)C(N)CCCCN)C(=O)O. The van der Waals surface area contributed by atoms with Crippen LogP contribution in [0.4, 0.5) is 0 Å². The summed E-state index contributed by atoms with van der Waals surface area (Å²) in [6.45, 7) is 4.81. The number of nitrogens with two attached hydrogens (primary N) is 2. The van der Waals surface area contributed by atoms with Crippen LogP contribution in [0.1, 0.15) is 58.8 Å². The van der Waals surface area contributed by atoms with Crippen LogP contribution >= 0.6 is 11.8 Å². The van der Waals surface area contributed by atoms with E-state index in [1.54, 1.807) is 0 Å². The first-order chi connectivity index (χ1) is 15.6. The van der Waals surface area contributed by atoms with E-state index in [1.807, 2.05) is 20.1 Å². The molecule has 0 radical (unpaired) electrons. The van der Waals surface area contributed by atoms with Crippen LogP contribution in [-0.4, -0.2) is 83.0 Å². The quantitative estimate of drug-likeness (QED) is 0.205. The maximum absolute atomic E-state index is 13.1. The van der Waals surface area contributed by atoms with Crippen molar-refractivity contribution < 1.29 is 24.3 Å². The molecule has 0 aromatic carbocycles. The predicted octanol–water partition coefficient (Wildman–Crippen LogP) is 0.287. The number of unbranched alkanes of at least 4 members (excludes halogenated alkanes) is 1. The third-order valence-corrected chi connectivity index (χ3v) is 6.33. The third kappa shape index (κ3) is 9.89. The summed E-state index contributed by atoms with van der Waals surface area (Å²) >= 11 is 1.49. The molecule has 1 saturated heterocycles. The zero-order valence-electron chi connectivity index (χ0n) is 20.0. The maximum Gasteiger partial charge on any atom is 0.326 e. The van der Waals surface area contributed by atoms with Crippen LogP contribution < -0.4 is 22.1 Å². The van der Waals surface area contributed by atoms with Crippen molar-refractivity contribution in [2.45, 2.75) is 83.0 Å². The van der Waals surface area contributed by atoms with E-state index in [-0.39, 0.29) is 18.2 Å². The molecule has 10 nitrogen and oxygen atoms in total. The molecule has 1 fully saturated rings. The number of nitrogens with zero attached hydrogens (tertiary/aromatic N) is 1. The van der Waals surface area contributed by atoms with E-state index in [0.717, 1.165) is 12.8 Å². The van der Waals surface area contributed by atoms with Crippen LogP contribution in [0.25, 0.3) is 0 Å². The molecular weight excluding hydrogens is 446 g/mol. The van der Waals surface area contributed by atoms with E-state index < -0.39 is 42.0 Å². The van der Waals surface area contributed by atoms with Gasteiger partial charge in [-0.3, -0.25) is 14.4 Å². The van der Waals surface area contributed by atoms with Crippen LogP contribution in [0.15, 0.2) is 0 Å². The number of rotatable bonds is 15. The zero-order valence-corrected chi connectivity index (χ0v) is 20.9. The lowest BCUT2D eigenvalue weighted by atomic mass is 10.0. The van der Waals surface area contributed by atoms with Gasteiger partial charge in [-0.25, -0.2) is 4.79 Å². The fraction of sp³-hybridized carbons (Fsp3) is 0.818. The molecule has 3 amide bonds. The summed E-state index contributed by atoms with van der Waals surface area (Å²) in [7, 11) is 0. The Hall–Kier alpha value is -1.85. The summed E-state index contributed by atoms with van der Waals surface area (Å²) in [5.74, 6) is -1.64. The smallest absolute Gasteiger partial charge is 0.326 e. The molecule has 7 N–H and O–H groups in total. The minimum Gasteiger partial charge on any atom is -0.480 e. The van der Waals surface area contributed by atoms with Crippen molar-refractivity contribution >= 4 is 35.5 Å². The molecule has 0 aliphatic carbocycles. The van der Waals surface area contributed by atoms with Gasteiger partial charge in [0.15, 0.2) is 0 Å². The van der Waals surface area contributed by atoms with E-state index in [9.17, 15) is 24.3 Å². The Morgan fingerprint density at radius 1 is 1.12 bits per heavy atom. The second-order valence-corrected chi connectivity index (χ2v) is 9.94. The number of carboxylic acids is 1. The van der Waals surface area contributed by atoms with Crippen molar-refractivity contribution in [2.75, 3.05) is 25.1 Å². The number of amides is 3. The lowest BCUT2D eigenvalue weighted by Crippen LogP contribution is -2.56. The third-order valence-electron chi connectivity index (χ3n) is 5.69. The number of hydrogen-bond donors (Lipinski definition) is 5. The van der Waals surface area contributed by atoms with Gasteiger partial charge in [0.1, 0.15) is 18.1 Å². The lowest BCUT2D eigenvalue weighted by molar-refractivity contribution is -0.143. The molecule has 1 heterocycles. The Morgan fingerprint density at radius 2 is 1.82 bits per heavy atom. The number of carboxylic acid groups (broad SMARTS) is 1. The van der Waals surface area contributed by atoms with Gasteiger partial charge in [-0.1, -0.05) is 20.3 Å². The molecule has 0 spiro atoms. The van der Waals surface area contributed by atoms with Crippen LogP contribution in [0.3, 0.4) is 0 Å². The predicted molar refractivity (Wildman–Crippen MR) is 130 cm³/mol. The van der Waals surface area contributed by atoms with Crippen molar-refractivity contribution in [3.63, 3.8) is 0 Å². The first-order valence-corrected chi connectivity index (χ1v) is 13.1. The van der Waals surface area contributed by atoms with Crippen molar-refractivity contribution in [2.24, 2.45) is 17.4 Å². The number of carbonyl (C=O) groups is 4. The Kier molecular flexibility index (Phi) is 13.4. The van der Waals surface area contributed by atoms with Crippen molar-refractivity contribution in [1.29, 1.82) is 0 Å². The number of nitrogens with one attached hydrogen (secondary N) is 2. The highest BCUT2D eigenvalue weighted by molar-refractivity contribution is 7.98. The Morgan fingerprint density at radius 3 is 2.39 bits per heavy atom. The second kappa shape index (κ2) is 15.1. The largest absolute Gasteiger partial charge is 0.480 e. The average molecular weight is 488 g/mol. The molecule has 0 bridgehead atoms. The van der Waals surface area contributed by atoms with E-state index in [0.29, 0.717) is 44.5 Å². The van der Waals surface area contributed by atoms with Gasteiger partial charge in [-0.2, -0.15) is 11.8 Å². The molecule has 4 unspecified atom stereocenters. The first-order valence-electron chi connectivity index (χ1n) is 11.7. The van der Waals surface area contributed by atoms with Gasteiger partial charge in [0.2, 0.25) is 17.7 Å². The average Bonchev–Trinajstić information content (AvgIpc) is 3.25. The maximum atomic E-state index is 13.1. The molecular formula is C22H41N5O5S. The molecule has 1 aliphatic rings. The van der Waals surface area contributed by atoms with Crippen LogP contribution in [0, 0.1) is 5.92 Å². The summed E-state index contributed by atoms with van der Waals surface area (Å²) in [5.41, 5.74) is 11.5. The Labute approximate surface area is 200 Å². The second-order valence-electron chi connectivity index (χ2n) is 8.95. The van der Waals surface area contributed by atoms with Gasteiger partial charge in [0.05, 0.1) is 6.04 Å². The summed E-state index contributed by atoms with van der Waals surface area (Å²) in [4.78, 5) is 51.8. The molecule has 190 valence electrons. The summed E-state index contributed by atoms with van der Waals surface area (Å²) in [6, 6.07) is -3.28. The zero-order chi connectivity index (χ0) is 25.0. The number of carbonyl (C=O) groups excluding carboxylic acids is 3. The van der Waals surface area contributed by atoms with Crippen molar-refractivity contribution in [3.05, 3.63) is 0 Å². The van der Waals surface area contributed by atoms with Gasteiger partial charge in [0, 0.05) is 6.54 Å². The number of thioether (sulfide) groups is 1. The highest BCUT2D eigenvalue weighted by atomic mass is 32.2. The molecule has 33 heavy (non-hydrogen) atoms. The Bertz CT molecular complexity index is 663.